The van der Waals surface area contributed by atoms with Gasteiger partial charge in [0.05, 0.1) is 0 Å². The third kappa shape index (κ3) is 4.14. The highest BCUT2D eigenvalue weighted by Crippen LogP contribution is 2.04. The second kappa shape index (κ2) is 5.29. The molecule has 2 amide bonds. The van der Waals surface area contributed by atoms with E-state index in [1.807, 2.05) is 6.92 Å². The van der Waals surface area contributed by atoms with Crippen LogP contribution in [0.2, 0.25) is 0 Å². The van der Waals surface area contributed by atoms with E-state index in [0.717, 1.165) is 12.2 Å². The third-order valence-corrected chi connectivity index (χ3v) is 2.39. The maximum absolute atomic E-state index is 10.6. The lowest BCUT2D eigenvalue weighted by Gasteiger charge is -2.22. The van der Waals surface area contributed by atoms with Gasteiger partial charge >= 0.3 is 6.03 Å². The standard InChI is InChI=1S/C7H16N2OS/c1-6(4-5-11-3)9(2)7(8)10/h6H,4-5H2,1-3H3,(H2,8,10). The molecule has 11 heavy (non-hydrogen) atoms. The highest BCUT2D eigenvalue weighted by Gasteiger charge is 2.10. The Kier molecular flexibility index (Phi) is 5.11. The SMILES string of the molecule is CSCCC(C)N(C)C(N)=O. The average Bonchev–Trinajstić information content (AvgIpc) is 1.98. The van der Waals surface area contributed by atoms with Crippen LogP contribution in [-0.4, -0.2) is 36.0 Å². The highest BCUT2D eigenvalue weighted by molar-refractivity contribution is 7.98. The van der Waals surface area contributed by atoms with Crippen molar-refractivity contribution >= 4 is 17.8 Å². The summed E-state index contributed by atoms with van der Waals surface area (Å²) >= 11 is 1.78. The molecule has 0 saturated heterocycles. The van der Waals surface area contributed by atoms with Crippen LogP contribution in [0, 0.1) is 0 Å². The summed E-state index contributed by atoms with van der Waals surface area (Å²) in [7, 11) is 1.73. The van der Waals surface area contributed by atoms with Crippen LogP contribution in [0.25, 0.3) is 0 Å². The van der Waals surface area contributed by atoms with Crippen LogP contribution >= 0.6 is 11.8 Å². The van der Waals surface area contributed by atoms with E-state index in [-0.39, 0.29) is 12.1 Å². The molecule has 2 N–H and O–H groups in total. The van der Waals surface area contributed by atoms with Crippen molar-refractivity contribution in [1.82, 2.24) is 4.90 Å². The molecule has 0 aliphatic carbocycles. The van der Waals surface area contributed by atoms with E-state index in [4.69, 9.17) is 5.73 Å². The zero-order valence-corrected chi connectivity index (χ0v) is 8.15. The van der Waals surface area contributed by atoms with Crippen molar-refractivity contribution < 1.29 is 4.79 Å². The van der Waals surface area contributed by atoms with Crippen LogP contribution in [0.4, 0.5) is 4.79 Å². The smallest absolute Gasteiger partial charge is 0.314 e. The number of carbonyl (C=O) groups excluding carboxylic acids is 1. The van der Waals surface area contributed by atoms with Crippen molar-refractivity contribution in [3.05, 3.63) is 0 Å². The Morgan fingerprint density at radius 1 is 1.73 bits per heavy atom. The van der Waals surface area contributed by atoms with Gasteiger partial charge in [0, 0.05) is 13.1 Å². The maximum atomic E-state index is 10.6. The Balaban J connectivity index is 3.63. The molecule has 3 nitrogen and oxygen atoms in total. The fraction of sp³-hybridized carbons (Fsp3) is 0.857. The fourth-order valence-electron chi connectivity index (χ4n) is 0.699. The summed E-state index contributed by atoms with van der Waals surface area (Å²) in [6.45, 7) is 2.00. The predicted molar refractivity (Wildman–Crippen MR) is 49.8 cm³/mol. The van der Waals surface area contributed by atoms with Crippen molar-refractivity contribution in [3.63, 3.8) is 0 Å². The Labute approximate surface area is 72.3 Å². The summed E-state index contributed by atoms with van der Waals surface area (Å²) in [5.74, 6) is 1.07. The van der Waals surface area contributed by atoms with E-state index in [0.29, 0.717) is 0 Å². The van der Waals surface area contributed by atoms with Gasteiger partial charge in [-0.25, -0.2) is 4.79 Å². The molecule has 0 heterocycles. The minimum atomic E-state index is -0.349. The van der Waals surface area contributed by atoms with Gasteiger partial charge in [0.15, 0.2) is 0 Å². The van der Waals surface area contributed by atoms with Gasteiger partial charge < -0.3 is 10.6 Å². The molecule has 0 bridgehead atoms. The first-order valence-electron chi connectivity index (χ1n) is 3.60. The van der Waals surface area contributed by atoms with Crippen molar-refractivity contribution in [2.45, 2.75) is 19.4 Å². The van der Waals surface area contributed by atoms with E-state index in [9.17, 15) is 4.79 Å². The Morgan fingerprint density at radius 3 is 2.64 bits per heavy atom. The van der Waals surface area contributed by atoms with Crippen LogP contribution < -0.4 is 5.73 Å². The fourth-order valence-corrected chi connectivity index (χ4v) is 1.28. The first-order valence-corrected chi connectivity index (χ1v) is 5.00. The molecule has 0 spiro atoms. The molecule has 0 fully saturated rings. The molecule has 66 valence electrons. The first kappa shape index (κ1) is 10.6. The van der Waals surface area contributed by atoms with Crippen LogP contribution in [0.1, 0.15) is 13.3 Å². The number of nitrogens with zero attached hydrogens (tertiary/aromatic N) is 1. The number of urea groups is 1. The minimum Gasteiger partial charge on any atom is -0.351 e. The number of nitrogens with two attached hydrogens (primary N) is 1. The molecule has 0 aromatic rings. The van der Waals surface area contributed by atoms with Crippen LogP contribution in [0.5, 0.6) is 0 Å². The van der Waals surface area contributed by atoms with Gasteiger partial charge in [-0.2, -0.15) is 11.8 Å². The molecule has 0 radical (unpaired) electrons. The summed E-state index contributed by atoms with van der Waals surface area (Å²) in [5.41, 5.74) is 5.09. The first-order chi connectivity index (χ1) is 5.09. The van der Waals surface area contributed by atoms with Gasteiger partial charge in [-0.05, 0) is 25.4 Å². The molecule has 0 aliphatic heterocycles. The van der Waals surface area contributed by atoms with E-state index in [2.05, 4.69) is 6.26 Å². The molecule has 0 rings (SSSR count). The number of hydrogen-bond acceptors (Lipinski definition) is 2. The van der Waals surface area contributed by atoms with Gasteiger partial charge in [-0.3, -0.25) is 0 Å². The van der Waals surface area contributed by atoms with Crippen molar-refractivity contribution in [3.8, 4) is 0 Å². The molecular formula is C7H16N2OS. The minimum absolute atomic E-state index is 0.250. The lowest BCUT2D eigenvalue weighted by Crippen LogP contribution is -2.39. The number of thioether (sulfide) groups is 1. The number of amides is 2. The number of primary amides is 1. The summed E-state index contributed by atoms with van der Waals surface area (Å²) in [6.07, 6.45) is 3.05. The highest BCUT2D eigenvalue weighted by atomic mass is 32.2. The monoisotopic (exact) mass is 176 g/mol. The predicted octanol–water partition coefficient (Wildman–Crippen LogP) is 1.14. The number of carbonyl (C=O) groups is 1. The zero-order valence-electron chi connectivity index (χ0n) is 7.33. The quantitative estimate of drug-likeness (QED) is 0.698. The molecule has 0 aliphatic rings. The summed E-state index contributed by atoms with van der Waals surface area (Å²) < 4.78 is 0. The topological polar surface area (TPSA) is 46.3 Å². The maximum Gasteiger partial charge on any atom is 0.314 e. The summed E-state index contributed by atoms with van der Waals surface area (Å²) in [4.78, 5) is 12.2. The van der Waals surface area contributed by atoms with Crippen LogP contribution in [-0.2, 0) is 0 Å². The molecule has 1 atom stereocenters. The number of rotatable bonds is 4. The lowest BCUT2D eigenvalue weighted by molar-refractivity contribution is 0.203. The van der Waals surface area contributed by atoms with E-state index in [1.54, 1.807) is 23.7 Å². The van der Waals surface area contributed by atoms with Gasteiger partial charge in [0.25, 0.3) is 0 Å². The summed E-state index contributed by atoms with van der Waals surface area (Å²) in [5, 5.41) is 0. The second-order valence-electron chi connectivity index (χ2n) is 2.58. The van der Waals surface area contributed by atoms with Crippen molar-refractivity contribution in [2.75, 3.05) is 19.1 Å². The van der Waals surface area contributed by atoms with E-state index < -0.39 is 0 Å². The molecule has 1 unspecified atom stereocenters. The van der Waals surface area contributed by atoms with Crippen LogP contribution in [0.3, 0.4) is 0 Å². The Hall–Kier alpha value is -0.380. The molecule has 0 saturated carbocycles. The lowest BCUT2D eigenvalue weighted by atomic mass is 10.2. The van der Waals surface area contributed by atoms with Gasteiger partial charge in [-0.1, -0.05) is 0 Å². The Morgan fingerprint density at radius 2 is 2.27 bits per heavy atom. The van der Waals surface area contributed by atoms with Gasteiger partial charge in [0.2, 0.25) is 0 Å². The van der Waals surface area contributed by atoms with Crippen molar-refractivity contribution in [1.29, 1.82) is 0 Å². The van der Waals surface area contributed by atoms with Gasteiger partial charge in [0.1, 0.15) is 0 Å². The second-order valence-corrected chi connectivity index (χ2v) is 3.57. The van der Waals surface area contributed by atoms with Crippen LogP contribution in [0.15, 0.2) is 0 Å². The van der Waals surface area contributed by atoms with E-state index in [1.165, 1.54) is 0 Å². The van der Waals surface area contributed by atoms with E-state index >= 15 is 0 Å². The third-order valence-electron chi connectivity index (χ3n) is 1.75. The largest absolute Gasteiger partial charge is 0.351 e. The molecule has 0 aromatic carbocycles. The molecular weight excluding hydrogens is 160 g/mol. The average molecular weight is 176 g/mol. The van der Waals surface area contributed by atoms with Crippen molar-refractivity contribution in [2.24, 2.45) is 5.73 Å². The summed E-state index contributed by atoms with van der Waals surface area (Å²) in [6, 6.07) is -0.0986. The Bertz CT molecular complexity index is 130. The molecule has 4 heteroatoms. The normalized spacial score (nSPS) is 12.6. The van der Waals surface area contributed by atoms with Gasteiger partial charge in [-0.15, -0.1) is 0 Å². The molecule has 0 aromatic heterocycles. The number of hydrogen-bond donors (Lipinski definition) is 1. The zero-order chi connectivity index (χ0) is 8.85.